The predicted octanol–water partition coefficient (Wildman–Crippen LogP) is 3.10. The zero-order valence-electron chi connectivity index (χ0n) is 9.09. The van der Waals surface area contributed by atoms with Crippen LogP contribution in [0.1, 0.15) is 57.8 Å². The van der Waals surface area contributed by atoms with Crippen molar-refractivity contribution in [2.45, 2.75) is 57.8 Å². The maximum atomic E-state index is 11.3. The van der Waals surface area contributed by atoms with Crippen molar-refractivity contribution in [1.82, 2.24) is 0 Å². The van der Waals surface area contributed by atoms with Crippen LogP contribution in [-0.2, 0) is 9.53 Å². The number of carbonyl (C=O) groups is 1. The Morgan fingerprint density at radius 2 is 1.21 bits per heavy atom. The topological polar surface area (TPSA) is 26.3 Å². The molecule has 82 valence electrons. The largest absolute Gasteiger partial charge is 0.381 e. The highest BCUT2D eigenvalue weighted by molar-refractivity contribution is 5.78. The molecule has 1 rings (SSSR count). The fourth-order valence-corrected chi connectivity index (χ4v) is 1.81. The lowest BCUT2D eigenvalue weighted by atomic mass is 10.1. The molecule has 0 aromatic carbocycles. The summed E-state index contributed by atoms with van der Waals surface area (Å²) in [6.07, 6.45) is 9.65. The lowest BCUT2D eigenvalue weighted by Gasteiger charge is -2.02. The van der Waals surface area contributed by atoms with E-state index in [2.05, 4.69) is 0 Å². The average Bonchev–Trinajstić information content (AvgIpc) is 2.20. The molecule has 0 bridgehead atoms. The molecule has 1 saturated heterocycles. The number of Topliss-reactive ketones (excluding diaryl/α,β-unsaturated/α-hetero) is 1. The third kappa shape index (κ3) is 6.14. The molecule has 1 heterocycles. The van der Waals surface area contributed by atoms with Crippen LogP contribution in [0.4, 0.5) is 0 Å². The highest BCUT2D eigenvalue weighted by Crippen LogP contribution is 2.09. The van der Waals surface area contributed by atoms with Crippen LogP contribution in [-0.4, -0.2) is 19.0 Å². The van der Waals surface area contributed by atoms with Crippen LogP contribution in [0, 0.1) is 0 Å². The zero-order valence-corrected chi connectivity index (χ0v) is 9.09. The van der Waals surface area contributed by atoms with E-state index in [0.717, 1.165) is 45.3 Å². The van der Waals surface area contributed by atoms with Gasteiger partial charge in [0.05, 0.1) is 0 Å². The zero-order chi connectivity index (χ0) is 10.1. The molecular formula is C12H22O2. The Hall–Kier alpha value is -0.370. The van der Waals surface area contributed by atoms with Gasteiger partial charge in [0.1, 0.15) is 5.78 Å². The van der Waals surface area contributed by atoms with Gasteiger partial charge in [-0.1, -0.05) is 19.3 Å². The quantitative estimate of drug-likeness (QED) is 0.598. The first-order valence-corrected chi connectivity index (χ1v) is 5.99. The minimum Gasteiger partial charge on any atom is -0.381 e. The smallest absolute Gasteiger partial charge is 0.132 e. The highest BCUT2D eigenvalue weighted by Gasteiger charge is 2.02. The molecule has 14 heavy (non-hydrogen) atoms. The van der Waals surface area contributed by atoms with Crippen molar-refractivity contribution in [3.63, 3.8) is 0 Å². The molecule has 0 unspecified atom stereocenters. The molecule has 1 aliphatic heterocycles. The molecule has 0 atom stereocenters. The summed E-state index contributed by atoms with van der Waals surface area (Å²) in [6, 6.07) is 0. The summed E-state index contributed by atoms with van der Waals surface area (Å²) in [4.78, 5) is 11.3. The van der Waals surface area contributed by atoms with E-state index in [0.29, 0.717) is 5.78 Å². The van der Waals surface area contributed by atoms with E-state index in [4.69, 9.17) is 4.74 Å². The van der Waals surface area contributed by atoms with Gasteiger partial charge in [-0.3, -0.25) is 4.79 Å². The standard InChI is InChI=1S/C12H22O2/c13-12-8-4-2-1-3-6-10-14-11-7-5-9-12/h1-11H2. The van der Waals surface area contributed by atoms with E-state index in [1.165, 1.54) is 25.7 Å². The van der Waals surface area contributed by atoms with E-state index in [1.54, 1.807) is 0 Å². The second kappa shape index (κ2) is 7.98. The first kappa shape index (κ1) is 11.7. The number of hydrogen-bond donors (Lipinski definition) is 0. The van der Waals surface area contributed by atoms with Gasteiger partial charge in [-0.05, 0) is 25.7 Å². The lowest BCUT2D eigenvalue weighted by Crippen LogP contribution is -1.99. The average molecular weight is 198 g/mol. The molecule has 2 heteroatoms. The Balaban J connectivity index is 2.15. The minimum absolute atomic E-state index is 0.448. The van der Waals surface area contributed by atoms with E-state index in [1.807, 2.05) is 0 Å². The predicted molar refractivity (Wildman–Crippen MR) is 57.4 cm³/mol. The van der Waals surface area contributed by atoms with Gasteiger partial charge in [0.15, 0.2) is 0 Å². The van der Waals surface area contributed by atoms with Crippen molar-refractivity contribution in [2.75, 3.05) is 13.2 Å². The molecule has 0 spiro atoms. The van der Waals surface area contributed by atoms with Gasteiger partial charge >= 0.3 is 0 Å². The van der Waals surface area contributed by atoms with Gasteiger partial charge in [-0.2, -0.15) is 0 Å². The number of rotatable bonds is 0. The van der Waals surface area contributed by atoms with Gasteiger partial charge < -0.3 is 4.74 Å². The van der Waals surface area contributed by atoms with Crippen LogP contribution in [0.25, 0.3) is 0 Å². The number of ether oxygens (including phenoxy) is 1. The van der Waals surface area contributed by atoms with Gasteiger partial charge in [-0.25, -0.2) is 0 Å². The Morgan fingerprint density at radius 1 is 0.714 bits per heavy atom. The summed E-state index contributed by atoms with van der Waals surface area (Å²) in [5, 5.41) is 0. The van der Waals surface area contributed by atoms with Gasteiger partial charge in [0.25, 0.3) is 0 Å². The molecular weight excluding hydrogens is 176 g/mol. The van der Waals surface area contributed by atoms with E-state index in [-0.39, 0.29) is 0 Å². The summed E-state index contributed by atoms with van der Waals surface area (Å²) in [5.74, 6) is 0.448. The van der Waals surface area contributed by atoms with Crippen LogP contribution in [0.2, 0.25) is 0 Å². The summed E-state index contributed by atoms with van der Waals surface area (Å²) < 4.78 is 5.47. The van der Waals surface area contributed by atoms with Gasteiger partial charge in [0, 0.05) is 26.1 Å². The number of hydrogen-bond acceptors (Lipinski definition) is 2. The summed E-state index contributed by atoms with van der Waals surface area (Å²) >= 11 is 0. The molecule has 1 fully saturated rings. The molecule has 0 amide bonds. The summed E-state index contributed by atoms with van der Waals surface area (Å²) in [5.41, 5.74) is 0. The second-order valence-electron chi connectivity index (χ2n) is 4.13. The van der Waals surface area contributed by atoms with Crippen molar-refractivity contribution in [1.29, 1.82) is 0 Å². The molecule has 0 radical (unpaired) electrons. The molecule has 0 aromatic rings. The van der Waals surface area contributed by atoms with Crippen LogP contribution in [0.15, 0.2) is 0 Å². The maximum absolute atomic E-state index is 11.3. The van der Waals surface area contributed by atoms with E-state index in [9.17, 15) is 4.79 Å². The van der Waals surface area contributed by atoms with Crippen molar-refractivity contribution in [3.8, 4) is 0 Å². The number of carbonyl (C=O) groups excluding carboxylic acids is 1. The fourth-order valence-electron chi connectivity index (χ4n) is 1.81. The van der Waals surface area contributed by atoms with Crippen molar-refractivity contribution in [2.24, 2.45) is 0 Å². The van der Waals surface area contributed by atoms with Crippen molar-refractivity contribution >= 4 is 5.78 Å². The van der Waals surface area contributed by atoms with E-state index >= 15 is 0 Å². The minimum atomic E-state index is 0.448. The molecule has 0 saturated carbocycles. The van der Waals surface area contributed by atoms with Gasteiger partial charge in [0.2, 0.25) is 0 Å². The SMILES string of the molecule is O=C1CCCCCCCOCCCC1. The first-order chi connectivity index (χ1) is 6.89. The van der Waals surface area contributed by atoms with Crippen LogP contribution in [0.5, 0.6) is 0 Å². The lowest BCUT2D eigenvalue weighted by molar-refractivity contribution is -0.119. The molecule has 0 N–H and O–H groups in total. The third-order valence-electron chi connectivity index (χ3n) is 2.74. The third-order valence-corrected chi connectivity index (χ3v) is 2.74. The van der Waals surface area contributed by atoms with Crippen molar-refractivity contribution < 1.29 is 9.53 Å². The second-order valence-corrected chi connectivity index (χ2v) is 4.13. The van der Waals surface area contributed by atoms with Crippen LogP contribution in [0.3, 0.4) is 0 Å². The van der Waals surface area contributed by atoms with E-state index < -0.39 is 0 Å². The Labute approximate surface area is 87.0 Å². The Kier molecular flexibility index (Phi) is 6.67. The summed E-state index contributed by atoms with van der Waals surface area (Å²) in [7, 11) is 0. The van der Waals surface area contributed by atoms with Gasteiger partial charge in [-0.15, -0.1) is 0 Å². The van der Waals surface area contributed by atoms with Crippen LogP contribution < -0.4 is 0 Å². The first-order valence-electron chi connectivity index (χ1n) is 5.99. The summed E-state index contributed by atoms with van der Waals surface area (Å²) in [6.45, 7) is 1.75. The highest BCUT2D eigenvalue weighted by atomic mass is 16.5. The Bertz CT molecular complexity index is 138. The number of ketones is 1. The Morgan fingerprint density at radius 3 is 2.00 bits per heavy atom. The molecule has 0 aliphatic carbocycles. The van der Waals surface area contributed by atoms with Crippen LogP contribution >= 0.6 is 0 Å². The maximum Gasteiger partial charge on any atom is 0.132 e. The van der Waals surface area contributed by atoms with Crippen molar-refractivity contribution in [3.05, 3.63) is 0 Å². The normalized spacial score (nSPS) is 23.3. The monoisotopic (exact) mass is 198 g/mol. The fraction of sp³-hybridized carbons (Fsp3) is 0.917. The molecule has 2 nitrogen and oxygen atoms in total. The molecule has 0 aromatic heterocycles. The molecule has 1 aliphatic rings.